The van der Waals surface area contributed by atoms with Crippen LogP contribution < -0.4 is 10.6 Å². The van der Waals surface area contributed by atoms with E-state index >= 15 is 0 Å². The van der Waals surface area contributed by atoms with E-state index in [0.717, 1.165) is 37.6 Å². The Morgan fingerprint density at radius 2 is 2.00 bits per heavy atom. The highest BCUT2D eigenvalue weighted by Crippen LogP contribution is 2.15. The topological polar surface area (TPSA) is 54.2 Å². The number of hydrogen-bond acceptors (Lipinski definition) is 2. The van der Waals surface area contributed by atoms with Gasteiger partial charge in [-0.2, -0.15) is 0 Å². The molecule has 3 rings (SSSR count). The van der Waals surface area contributed by atoms with Gasteiger partial charge in [-0.15, -0.1) is 24.0 Å². The molecule has 0 unspecified atom stereocenters. The van der Waals surface area contributed by atoms with E-state index in [9.17, 15) is 0 Å². The number of pyridine rings is 1. The van der Waals surface area contributed by atoms with Crippen LogP contribution in [-0.2, 0) is 13.1 Å². The van der Waals surface area contributed by atoms with Gasteiger partial charge in [0, 0.05) is 37.5 Å². The van der Waals surface area contributed by atoms with Crippen molar-refractivity contribution in [1.29, 1.82) is 0 Å². The molecule has 0 aliphatic carbocycles. The van der Waals surface area contributed by atoms with Crippen molar-refractivity contribution in [2.24, 2.45) is 4.99 Å². The van der Waals surface area contributed by atoms with Gasteiger partial charge in [-0.3, -0.25) is 0 Å². The lowest BCUT2D eigenvalue weighted by atomic mass is 10.2. The third-order valence-corrected chi connectivity index (χ3v) is 4.32. The van der Waals surface area contributed by atoms with E-state index in [1.807, 2.05) is 6.07 Å². The van der Waals surface area contributed by atoms with E-state index in [1.165, 1.54) is 10.9 Å². The smallest absolute Gasteiger partial charge is 0.191 e. The van der Waals surface area contributed by atoms with Gasteiger partial charge in [0.05, 0.1) is 6.54 Å². The summed E-state index contributed by atoms with van der Waals surface area (Å²) in [6.45, 7) is 5.29. The number of hydrogen-bond donors (Lipinski definition) is 2. The zero-order chi connectivity index (χ0) is 18.2. The highest BCUT2D eigenvalue weighted by atomic mass is 127. The number of aryl methyl sites for hydroxylation is 1. The van der Waals surface area contributed by atoms with Crippen molar-refractivity contribution in [1.82, 2.24) is 20.2 Å². The van der Waals surface area contributed by atoms with Crippen LogP contribution in [0.1, 0.15) is 18.9 Å². The maximum Gasteiger partial charge on any atom is 0.191 e. The van der Waals surface area contributed by atoms with Crippen molar-refractivity contribution in [2.75, 3.05) is 13.1 Å². The highest BCUT2D eigenvalue weighted by Gasteiger charge is 2.01. The number of para-hydroxylation sites is 1. The molecule has 144 valence electrons. The Kier molecular flexibility index (Phi) is 8.87. The molecule has 0 saturated heterocycles. The number of fused-ring (bicyclic) bond motifs is 1. The Morgan fingerprint density at radius 1 is 1.15 bits per heavy atom. The fraction of sp³-hybridized carbons (Fsp3) is 0.300. The minimum atomic E-state index is 0. The van der Waals surface area contributed by atoms with E-state index in [4.69, 9.17) is 11.6 Å². The molecule has 0 atom stereocenters. The van der Waals surface area contributed by atoms with Crippen molar-refractivity contribution < 1.29 is 0 Å². The molecule has 2 N–H and O–H groups in total. The Bertz CT molecular complexity index is 860. The van der Waals surface area contributed by atoms with Crippen molar-refractivity contribution in [2.45, 2.75) is 26.4 Å². The first-order chi connectivity index (χ1) is 12.8. The number of benzene rings is 1. The predicted octanol–water partition coefficient (Wildman–Crippen LogP) is 4.45. The molecule has 0 amide bonds. The van der Waals surface area contributed by atoms with Crippen molar-refractivity contribution in [3.63, 3.8) is 0 Å². The first-order valence-electron chi connectivity index (χ1n) is 8.93. The number of rotatable bonds is 7. The van der Waals surface area contributed by atoms with Crippen molar-refractivity contribution in [3.05, 3.63) is 65.6 Å². The molecule has 0 fully saturated rings. The van der Waals surface area contributed by atoms with Crippen LogP contribution in [0.2, 0.25) is 5.15 Å². The van der Waals surface area contributed by atoms with E-state index in [-0.39, 0.29) is 24.0 Å². The average molecular weight is 498 g/mol. The molecular formula is C20H25ClIN5. The van der Waals surface area contributed by atoms with Gasteiger partial charge in [0.2, 0.25) is 0 Å². The van der Waals surface area contributed by atoms with E-state index in [2.05, 4.69) is 68.6 Å². The number of nitrogens with one attached hydrogen (secondary N) is 2. The molecule has 0 radical (unpaired) electrons. The monoisotopic (exact) mass is 497 g/mol. The van der Waals surface area contributed by atoms with Crippen LogP contribution in [0, 0.1) is 0 Å². The number of halogens is 2. The van der Waals surface area contributed by atoms with Crippen LogP contribution >= 0.6 is 35.6 Å². The van der Waals surface area contributed by atoms with Crippen LogP contribution in [0.25, 0.3) is 10.9 Å². The van der Waals surface area contributed by atoms with Crippen molar-refractivity contribution in [3.8, 4) is 0 Å². The number of aromatic nitrogens is 2. The molecule has 0 bridgehead atoms. The zero-order valence-electron chi connectivity index (χ0n) is 15.4. The SMILES string of the molecule is CCNC(=NCc1ccc(Cl)nc1)NCCCn1ccc2ccccc21.I. The Hall–Kier alpha value is -1.80. The summed E-state index contributed by atoms with van der Waals surface area (Å²) >= 11 is 5.81. The van der Waals surface area contributed by atoms with Gasteiger partial charge in [0.15, 0.2) is 5.96 Å². The third-order valence-electron chi connectivity index (χ3n) is 4.10. The normalized spacial score (nSPS) is 11.3. The van der Waals surface area contributed by atoms with Gasteiger partial charge in [0.25, 0.3) is 0 Å². The lowest BCUT2D eigenvalue weighted by molar-refractivity contribution is 0.641. The standard InChI is InChI=1S/C20H24ClN5.HI/c1-2-22-20(25-15-16-8-9-19(21)24-14-16)23-11-5-12-26-13-10-17-6-3-4-7-18(17)26;/h3-4,6-10,13-14H,2,5,11-12,15H2,1H3,(H2,22,23,25);1H. The summed E-state index contributed by atoms with van der Waals surface area (Å²) in [5.41, 5.74) is 2.31. The number of nitrogens with zero attached hydrogens (tertiary/aromatic N) is 3. The molecule has 1 aromatic carbocycles. The molecule has 0 aliphatic heterocycles. The van der Waals surface area contributed by atoms with Gasteiger partial charge in [-0.25, -0.2) is 9.98 Å². The molecular weight excluding hydrogens is 473 g/mol. The number of aliphatic imine (C=N–C) groups is 1. The minimum absolute atomic E-state index is 0. The van der Waals surface area contributed by atoms with Crippen molar-refractivity contribution >= 4 is 52.4 Å². The largest absolute Gasteiger partial charge is 0.357 e. The van der Waals surface area contributed by atoms with E-state index < -0.39 is 0 Å². The molecule has 2 aromatic heterocycles. The lowest BCUT2D eigenvalue weighted by Gasteiger charge is -2.12. The minimum Gasteiger partial charge on any atom is -0.357 e. The molecule has 5 nitrogen and oxygen atoms in total. The third kappa shape index (κ3) is 6.39. The van der Waals surface area contributed by atoms with E-state index in [0.29, 0.717) is 11.7 Å². The summed E-state index contributed by atoms with van der Waals surface area (Å²) in [5.74, 6) is 0.819. The fourth-order valence-electron chi connectivity index (χ4n) is 2.80. The quantitative estimate of drug-likeness (QED) is 0.167. The zero-order valence-corrected chi connectivity index (χ0v) is 18.4. The summed E-state index contributed by atoms with van der Waals surface area (Å²) < 4.78 is 2.29. The molecule has 0 spiro atoms. The Morgan fingerprint density at radius 3 is 2.78 bits per heavy atom. The van der Waals surface area contributed by atoms with E-state index in [1.54, 1.807) is 12.3 Å². The fourth-order valence-corrected chi connectivity index (χ4v) is 2.92. The van der Waals surface area contributed by atoms with Crippen LogP contribution in [-0.4, -0.2) is 28.6 Å². The van der Waals surface area contributed by atoms with Crippen LogP contribution in [0.4, 0.5) is 0 Å². The molecule has 7 heteroatoms. The van der Waals surface area contributed by atoms with Gasteiger partial charge >= 0.3 is 0 Å². The van der Waals surface area contributed by atoms with Crippen LogP contribution in [0.3, 0.4) is 0 Å². The molecule has 2 heterocycles. The van der Waals surface area contributed by atoms with Gasteiger partial charge in [-0.1, -0.05) is 35.9 Å². The first kappa shape index (κ1) is 21.5. The summed E-state index contributed by atoms with van der Waals surface area (Å²) in [5, 5.41) is 8.45. The molecule has 3 aromatic rings. The Balaban J connectivity index is 0.00000261. The molecule has 0 saturated carbocycles. The second-order valence-corrected chi connectivity index (χ2v) is 6.42. The first-order valence-corrected chi connectivity index (χ1v) is 9.30. The maximum absolute atomic E-state index is 5.81. The highest BCUT2D eigenvalue weighted by molar-refractivity contribution is 14.0. The molecule has 27 heavy (non-hydrogen) atoms. The van der Waals surface area contributed by atoms with Crippen LogP contribution in [0.15, 0.2) is 59.9 Å². The Labute approximate surface area is 182 Å². The van der Waals surface area contributed by atoms with Crippen LogP contribution in [0.5, 0.6) is 0 Å². The number of guanidine groups is 1. The average Bonchev–Trinajstić information content (AvgIpc) is 3.07. The van der Waals surface area contributed by atoms with Gasteiger partial charge < -0.3 is 15.2 Å². The van der Waals surface area contributed by atoms with Gasteiger partial charge in [0.1, 0.15) is 5.15 Å². The predicted molar refractivity (Wildman–Crippen MR) is 124 cm³/mol. The summed E-state index contributed by atoms with van der Waals surface area (Å²) in [6, 6.07) is 14.4. The maximum atomic E-state index is 5.81. The second-order valence-electron chi connectivity index (χ2n) is 6.03. The van der Waals surface area contributed by atoms with Gasteiger partial charge in [-0.05, 0) is 42.5 Å². The summed E-state index contributed by atoms with van der Waals surface area (Å²) in [7, 11) is 0. The summed E-state index contributed by atoms with van der Waals surface area (Å²) in [6.07, 6.45) is 4.93. The second kappa shape index (κ2) is 11.1. The molecule has 0 aliphatic rings. The summed E-state index contributed by atoms with van der Waals surface area (Å²) in [4.78, 5) is 8.69. The lowest BCUT2D eigenvalue weighted by Crippen LogP contribution is -2.38.